The van der Waals surface area contributed by atoms with Crippen molar-refractivity contribution in [3.05, 3.63) is 41.6 Å². The molecule has 1 aliphatic heterocycles. The van der Waals surface area contributed by atoms with Gasteiger partial charge in [-0.05, 0) is 43.2 Å². The molecule has 22 heavy (non-hydrogen) atoms. The van der Waals surface area contributed by atoms with Gasteiger partial charge in [0.15, 0.2) is 0 Å². The van der Waals surface area contributed by atoms with Crippen LogP contribution in [0.15, 0.2) is 30.5 Å². The van der Waals surface area contributed by atoms with Crippen molar-refractivity contribution in [2.24, 2.45) is 0 Å². The zero-order valence-corrected chi connectivity index (χ0v) is 12.8. The Balaban J connectivity index is 1.79. The lowest BCUT2D eigenvalue weighted by atomic mass is 10.1. The summed E-state index contributed by atoms with van der Waals surface area (Å²) < 4.78 is 0. The molecule has 114 valence electrons. The summed E-state index contributed by atoms with van der Waals surface area (Å²) in [6.45, 7) is 5.63. The highest BCUT2D eigenvalue weighted by Crippen LogP contribution is 2.22. The SMILES string of the molecule is Cc1cc(C)cc(N2CCN(c3nccc(N)n3)CC2=O)c1. The van der Waals surface area contributed by atoms with Gasteiger partial charge in [0.05, 0.1) is 0 Å². The van der Waals surface area contributed by atoms with Gasteiger partial charge in [-0.2, -0.15) is 4.98 Å². The summed E-state index contributed by atoms with van der Waals surface area (Å²) in [5.41, 5.74) is 8.95. The molecule has 1 fully saturated rings. The summed E-state index contributed by atoms with van der Waals surface area (Å²) in [6.07, 6.45) is 1.61. The van der Waals surface area contributed by atoms with Crippen molar-refractivity contribution in [3.8, 4) is 0 Å². The van der Waals surface area contributed by atoms with Gasteiger partial charge < -0.3 is 15.5 Å². The van der Waals surface area contributed by atoms with Crippen molar-refractivity contribution in [1.82, 2.24) is 9.97 Å². The lowest BCUT2D eigenvalue weighted by Crippen LogP contribution is -2.51. The summed E-state index contributed by atoms with van der Waals surface area (Å²) in [5, 5.41) is 0. The predicted molar refractivity (Wildman–Crippen MR) is 86.9 cm³/mol. The van der Waals surface area contributed by atoms with E-state index in [0.717, 1.165) is 16.8 Å². The second-order valence-electron chi connectivity index (χ2n) is 5.59. The predicted octanol–water partition coefficient (Wildman–Crippen LogP) is 1.53. The number of nitrogens with two attached hydrogens (primary N) is 1. The number of rotatable bonds is 2. The molecule has 1 saturated heterocycles. The normalized spacial score (nSPS) is 15.3. The largest absolute Gasteiger partial charge is 0.384 e. The Bertz CT molecular complexity index is 695. The first kappa shape index (κ1) is 14.3. The molecule has 1 amide bonds. The number of hydrogen-bond acceptors (Lipinski definition) is 5. The molecule has 0 atom stereocenters. The van der Waals surface area contributed by atoms with Gasteiger partial charge in [0.2, 0.25) is 11.9 Å². The average molecular weight is 297 g/mol. The highest BCUT2D eigenvalue weighted by Gasteiger charge is 2.26. The number of hydrogen-bond donors (Lipinski definition) is 1. The molecule has 2 heterocycles. The smallest absolute Gasteiger partial charge is 0.246 e. The molecule has 0 unspecified atom stereocenters. The maximum absolute atomic E-state index is 12.5. The number of anilines is 3. The molecule has 1 aliphatic rings. The van der Waals surface area contributed by atoms with Crippen molar-refractivity contribution >= 4 is 23.4 Å². The maximum Gasteiger partial charge on any atom is 0.246 e. The van der Waals surface area contributed by atoms with Crippen LogP contribution in [0.25, 0.3) is 0 Å². The zero-order chi connectivity index (χ0) is 15.7. The van der Waals surface area contributed by atoms with Gasteiger partial charge in [0.25, 0.3) is 0 Å². The van der Waals surface area contributed by atoms with Gasteiger partial charge in [-0.15, -0.1) is 0 Å². The molecule has 0 spiro atoms. The Morgan fingerprint density at radius 1 is 1.14 bits per heavy atom. The Morgan fingerprint density at radius 3 is 2.50 bits per heavy atom. The number of nitrogens with zero attached hydrogens (tertiary/aromatic N) is 4. The molecule has 1 aromatic carbocycles. The van der Waals surface area contributed by atoms with Crippen molar-refractivity contribution in [2.45, 2.75) is 13.8 Å². The van der Waals surface area contributed by atoms with E-state index in [9.17, 15) is 4.79 Å². The van der Waals surface area contributed by atoms with Crippen molar-refractivity contribution in [2.75, 3.05) is 35.2 Å². The number of aromatic nitrogens is 2. The van der Waals surface area contributed by atoms with Crippen molar-refractivity contribution < 1.29 is 4.79 Å². The topological polar surface area (TPSA) is 75.3 Å². The van der Waals surface area contributed by atoms with Crippen LogP contribution in [-0.4, -0.2) is 35.5 Å². The molecule has 6 nitrogen and oxygen atoms in total. The van der Waals surface area contributed by atoms with Crippen LogP contribution in [0.2, 0.25) is 0 Å². The number of carbonyl (C=O) groups is 1. The summed E-state index contributed by atoms with van der Waals surface area (Å²) in [5.74, 6) is 0.963. The fourth-order valence-corrected chi connectivity index (χ4v) is 2.74. The molecule has 0 saturated carbocycles. The first-order chi connectivity index (χ1) is 10.5. The first-order valence-electron chi connectivity index (χ1n) is 7.25. The lowest BCUT2D eigenvalue weighted by molar-refractivity contribution is -0.117. The number of aryl methyl sites for hydroxylation is 2. The molecule has 1 aromatic heterocycles. The fraction of sp³-hybridized carbons (Fsp3) is 0.312. The molecule has 0 radical (unpaired) electrons. The number of amides is 1. The average Bonchev–Trinajstić information content (AvgIpc) is 2.46. The van der Waals surface area contributed by atoms with Crippen molar-refractivity contribution in [1.29, 1.82) is 0 Å². The molecule has 0 aliphatic carbocycles. The van der Waals surface area contributed by atoms with E-state index in [1.807, 2.05) is 35.8 Å². The van der Waals surface area contributed by atoms with E-state index in [0.29, 0.717) is 24.9 Å². The van der Waals surface area contributed by atoms with E-state index in [1.165, 1.54) is 0 Å². The highest BCUT2D eigenvalue weighted by molar-refractivity contribution is 5.97. The number of carbonyl (C=O) groups excluding carboxylic acids is 1. The molecule has 0 bridgehead atoms. The molecular formula is C16H19N5O. The van der Waals surface area contributed by atoms with Crippen molar-refractivity contribution in [3.63, 3.8) is 0 Å². The summed E-state index contributed by atoms with van der Waals surface area (Å²) in [6, 6.07) is 7.82. The van der Waals surface area contributed by atoms with E-state index < -0.39 is 0 Å². The van der Waals surface area contributed by atoms with Crippen LogP contribution in [0.1, 0.15) is 11.1 Å². The number of nitrogen functional groups attached to an aromatic ring is 1. The van der Waals surface area contributed by atoms with Gasteiger partial charge in [0, 0.05) is 25.0 Å². The van der Waals surface area contributed by atoms with Crippen LogP contribution < -0.4 is 15.5 Å². The fourth-order valence-electron chi connectivity index (χ4n) is 2.74. The van der Waals surface area contributed by atoms with E-state index in [4.69, 9.17) is 5.73 Å². The van der Waals surface area contributed by atoms with E-state index >= 15 is 0 Å². The van der Waals surface area contributed by atoms with Crippen LogP contribution in [-0.2, 0) is 4.79 Å². The van der Waals surface area contributed by atoms with Crippen LogP contribution in [0, 0.1) is 13.8 Å². The summed E-state index contributed by atoms with van der Waals surface area (Å²) in [4.78, 5) is 24.5. The van der Waals surface area contributed by atoms with Crippen LogP contribution in [0.4, 0.5) is 17.5 Å². The monoisotopic (exact) mass is 297 g/mol. The van der Waals surface area contributed by atoms with E-state index in [-0.39, 0.29) is 12.5 Å². The van der Waals surface area contributed by atoms with Crippen LogP contribution in [0.5, 0.6) is 0 Å². The second kappa shape index (κ2) is 5.63. The van der Waals surface area contributed by atoms with Gasteiger partial charge in [-0.3, -0.25) is 4.79 Å². The zero-order valence-electron chi connectivity index (χ0n) is 12.8. The Kier molecular flexibility index (Phi) is 3.66. The van der Waals surface area contributed by atoms with Crippen LogP contribution >= 0.6 is 0 Å². The van der Waals surface area contributed by atoms with E-state index in [1.54, 1.807) is 12.3 Å². The number of piperazine rings is 1. The third kappa shape index (κ3) is 2.86. The third-order valence-corrected chi connectivity index (χ3v) is 3.69. The standard InChI is InChI=1S/C16H19N5O/c1-11-7-12(2)9-13(8-11)21-6-5-20(10-15(21)22)16-18-4-3-14(17)19-16/h3-4,7-9H,5-6,10H2,1-2H3,(H2,17,18,19). The van der Waals surface area contributed by atoms with Gasteiger partial charge in [0.1, 0.15) is 12.4 Å². The minimum Gasteiger partial charge on any atom is -0.384 e. The maximum atomic E-state index is 12.5. The Morgan fingerprint density at radius 2 is 1.86 bits per heavy atom. The number of benzene rings is 1. The van der Waals surface area contributed by atoms with Gasteiger partial charge in [-0.25, -0.2) is 4.98 Å². The Labute approximate surface area is 129 Å². The van der Waals surface area contributed by atoms with Crippen LogP contribution in [0.3, 0.4) is 0 Å². The lowest BCUT2D eigenvalue weighted by Gasteiger charge is -2.34. The molecule has 2 N–H and O–H groups in total. The molecular weight excluding hydrogens is 278 g/mol. The minimum atomic E-state index is 0.0438. The minimum absolute atomic E-state index is 0.0438. The quantitative estimate of drug-likeness (QED) is 0.910. The third-order valence-electron chi connectivity index (χ3n) is 3.69. The first-order valence-corrected chi connectivity index (χ1v) is 7.25. The Hall–Kier alpha value is -2.63. The molecule has 2 aromatic rings. The summed E-state index contributed by atoms with van der Waals surface area (Å²) in [7, 11) is 0. The molecule has 6 heteroatoms. The van der Waals surface area contributed by atoms with E-state index in [2.05, 4.69) is 16.0 Å². The highest BCUT2D eigenvalue weighted by atomic mass is 16.2. The molecule has 3 rings (SSSR count). The summed E-state index contributed by atoms with van der Waals surface area (Å²) >= 11 is 0. The second-order valence-corrected chi connectivity index (χ2v) is 5.59. The van der Waals surface area contributed by atoms with Gasteiger partial charge >= 0.3 is 0 Å². The van der Waals surface area contributed by atoms with Gasteiger partial charge in [-0.1, -0.05) is 6.07 Å².